The van der Waals surface area contributed by atoms with E-state index >= 15 is 0 Å². The normalized spacial score (nSPS) is 25.3. The summed E-state index contributed by atoms with van der Waals surface area (Å²) in [5.74, 6) is 0.303. The van der Waals surface area contributed by atoms with E-state index in [1.807, 2.05) is 0 Å². The summed E-state index contributed by atoms with van der Waals surface area (Å²) < 4.78 is 38.7. The number of carbonyl (C=O) groups excluding carboxylic acids is 1. The number of nitrogens with two attached hydrogens (primary N) is 1. The van der Waals surface area contributed by atoms with Crippen molar-refractivity contribution in [3.8, 4) is 5.88 Å². The molecule has 3 heterocycles. The van der Waals surface area contributed by atoms with Crippen LogP contribution in [-0.2, 0) is 42.1 Å². The molecule has 2 aliphatic heterocycles. The molecule has 2 aromatic rings. The zero-order valence-electron chi connectivity index (χ0n) is 18.3. The molecule has 33 heavy (non-hydrogen) atoms. The number of anilines is 1. The van der Waals surface area contributed by atoms with Gasteiger partial charge in [-0.2, -0.15) is 5.10 Å². The Morgan fingerprint density at radius 2 is 2.09 bits per heavy atom. The summed E-state index contributed by atoms with van der Waals surface area (Å²) in [6.45, 7) is 3.14. The van der Waals surface area contributed by atoms with E-state index in [0.717, 1.165) is 54.6 Å². The number of ether oxygens (including phenoxy) is 1. The average molecular weight is 475 g/mol. The number of benzene rings is 1. The summed E-state index contributed by atoms with van der Waals surface area (Å²) in [7, 11) is -3.58. The highest BCUT2D eigenvalue weighted by atomic mass is 32.2. The van der Waals surface area contributed by atoms with Gasteiger partial charge in [0.1, 0.15) is 17.7 Å². The molecule has 1 unspecified atom stereocenters. The molecule has 9 nitrogen and oxygen atoms in total. The number of aryl methyl sites for hydroxylation is 1. The van der Waals surface area contributed by atoms with E-state index in [-0.39, 0.29) is 17.4 Å². The van der Waals surface area contributed by atoms with E-state index < -0.39 is 22.1 Å². The molecule has 4 aliphatic rings. The first kappa shape index (κ1) is 21.1. The van der Waals surface area contributed by atoms with Crippen LogP contribution < -0.4 is 15.2 Å². The highest BCUT2D eigenvalue weighted by molar-refractivity contribution is 7.91. The van der Waals surface area contributed by atoms with Gasteiger partial charge in [0, 0.05) is 18.5 Å². The van der Waals surface area contributed by atoms with Crippen LogP contribution >= 0.6 is 0 Å². The number of nitrogens with zero attached hydrogens (tertiary/aromatic N) is 4. The molecule has 3 atom stereocenters. The molecule has 2 aliphatic carbocycles. The summed E-state index contributed by atoms with van der Waals surface area (Å²) in [6, 6.07) is 1.48. The van der Waals surface area contributed by atoms with Gasteiger partial charge < -0.3 is 10.1 Å². The van der Waals surface area contributed by atoms with Gasteiger partial charge in [0.2, 0.25) is 5.88 Å². The van der Waals surface area contributed by atoms with Crippen molar-refractivity contribution < 1.29 is 18.1 Å². The molecule has 3 N–H and O–H groups in total. The van der Waals surface area contributed by atoms with Crippen molar-refractivity contribution in [1.82, 2.24) is 14.7 Å². The van der Waals surface area contributed by atoms with Gasteiger partial charge >= 0.3 is 6.03 Å². The van der Waals surface area contributed by atoms with Gasteiger partial charge in [-0.25, -0.2) is 23.2 Å². The van der Waals surface area contributed by atoms with Crippen molar-refractivity contribution in [2.24, 2.45) is 9.50 Å². The van der Waals surface area contributed by atoms with E-state index in [0.29, 0.717) is 31.1 Å². The highest BCUT2D eigenvalue weighted by Crippen LogP contribution is 2.39. The molecular weight excluding hydrogens is 447 g/mol. The molecule has 1 aromatic carbocycles. The third kappa shape index (κ3) is 3.62. The Hall–Kier alpha value is -2.50. The fraction of sp³-hybridized carbons (Fsp3) is 0.545. The fourth-order valence-electron chi connectivity index (χ4n) is 5.44. The average Bonchev–Trinajstić information content (AvgIpc) is 3.43. The predicted octanol–water partition coefficient (Wildman–Crippen LogP) is 2.21. The number of aromatic nitrogens is 2. The molecule has 0 saturated carbocycles. The summed E-state index contributed by atoms with van der Waals surface area (Å²) in [5.41, 5.74) is 4.54. The van der Waals surface area contributed by atoms with Gasteiger partial charge in [-0.05, 0) is 61.0 Å². The second-order valence-corrected chi connectivity index (χ2v) is 11.1. The van der Waals surface area contributed by atoms with Crippen molar-refractivity contribution in [2.75, 3.05) is 25.0 Å². The smallest absolute Gasteiger partial charge is 0.354 e. The van der Waals surface area contributed by atoms with E-state index in [1.54, 1.807) is 4.68 Å². The fourth-order valence-corrected chi connectivity index (χ4v) is 6.44. The molecular formula is C22H27FN6O3S. The Morgan fingerprint density at radius 1 is 1.24 bits per heavy atom. The van der Waals surface area contributed by atoms with Crippen LogP contribution in [0.15, 0.2) is 21.5 Å². The molecule has 0 radical (unpaired) electrons. The van der Waals surface area contributed by atoms with Crippen LogP contribution in [0.5, 0.6) is 5.88 Å². The van der Waals surface area contributed by atoms with Gasteiger partial charge in [-0.1, -0.05) is 6.07 Å². The number of rotatable bonds is 3. The Kier molecular flexibility index (Phi) is 4.96. The number of fused-ring (bicyclic) bond motifs is 3. The van der Waals surface area contributed by atoms with Crippen molar-refractivity contribution in [2.45, 2.75) is 62.2 Å². The third-order valence-corrected chi connectivity index (χ3v) is 8.54. The first-order valence-corrected chi connectivity index (χ1v) is 13.1. The van der Waals surface area contributed by atoms with Crippen LogP contribution in [0.3, 0.4) is 0 Å². The first-order chi connectivity index (χ1) is 15.9. The van der Waals surface area contributed by atoms with Crippen LogP contribution in [0.1, 0.15) is 35.1 Å². The molecule has 6 rings (SSSR count). The Morgan fingerprint density at radius 3 is 2.88 bits per heavy atom. The van der Waals surface area contributed by atoms with E-state index in [4.69, 9.17) is 9.88 Å². The number of hydrogen-bond acceptors (Lipinski definition) is 5. The minimum atomic E-state index is -3.58. The number of carbonyl (C=O) groups is 1. The Balaban J connectivity index is 1.27. The summed E-state index contributed by atoms with van der Waals surface area (Å²) in [4.78, 5) is 15.3. The summed E-state index contributed by atoms with van der Waals surface area (Å²) in [6.07, 6.45) is 4.93. The van der Waals surface area contributed by atoms with Gasteiger partial charge in [0.25, 0.3) is 0 Å². The minimum Gasteiger partial charge on any atom is -0.475 e. The lowest BCUT2D eigenvalue weighted by molar-refractivity contribution is 0.0417. The highest BCUT2D eigenvalue weighted by Gasteiger charge is 2.33. The number of likely N-dealkylation sites (tertiary alicyclic amines) is 1. The summed E-state index contributed by atoms with van der Waals surface area (Å²) >= 11 is 0. The Bertz CT molecular complexity index is 1260. The molecule has 0 bridgehead atoms. The van der Waals surface area contributed by atoms with Crippen LogP contribution in [-0.4, -0.2) is 56.8 Å². The number of amides is 2. The molecule has 0 spiro atoms. The van der Waals surface area contributed by atoms with E-state index in [1.165, 1.54) is 12.6 Å². The lowest BCUT2D eigenvalue weighted by Gasteiger charge is -2.40. The standard InChI is InChI=1S/C22H27FN6O3S/c23-15-8-14-7-13-3-1-4-17(13)20(18(14)9-15)26-22(30)27-33(24,31)19-10-25-29-11-16(12-32-21(19)29)28-5-2-6-28/h7,10,15-16H,1-6,8-9,11-12H2,(H3,24,26,27,30,31)/t15-,16+,33?/m1/s1. The van der Waals surface area contributed by atoms with Crippen molar-refractivity contribution in [1.29, 1.82) is 0 Å². The van der Waals surface area contributed by atoms with Crippen LogP contribution in [0.25, 0.3) is 0 Å². The van der Waals surface area contributed by atoms with Crippen molar-refractivity contribution in [3.63, 3.8) is 0 Å². The zero-order chi connectivity index (χ0) is 22.7. The van der Waals surface area contributed by atoms with Crippen LogP contribution in [0, 0.1) is 0 Å². The number of urea groups is 1. The van der Waals surface area contributed by atoms with Crippen LogP contribution in [0.4, 0.5) is 14.9 Å². The van der Waals surface area contributed by atoms with Gasteiger partial charge in [-0.3, -0.25) is 4.90 Å². The van der Waals surface area contributed by atoms with Gasteiger partial charge in [-0.15, -0.1) is 4.36 Å². The maximum Gasteiger partial charge on any atom is 0.354 e. The molecule has 176 valence electrons. The minimum absolute atomic E-state index is 0.118. The second kappa shape index (κ2) is 7.78. The van der Waals surface area contributed by atoms with E-state index in [9.17, 15) is 13.4 Å². The maximum atomic E-state index is 14.1. The lowest BCUT2D eigenvalue weighted by atomic mass is 9.99. The van der Waals surface area contributed by atoms with Crippen molar-refractivity contribution in [3.05, 3.63) is 34.5 Å². The molecule has 1 fully saturated rings. The zero-order valence-corrected chi connectivity index (χ0v) is 19.1. The number of alkyl halides is 1. The van der Waals surface area contributed by atoms with Gasteiger partial charge in [0.05, 0.1) is 18.8 Å². The second-order valence-electron chi connectivity index (χ2n) is 9.33. The molecule has 11 heteroatoms. The van der Waals surface area contributed by atoms with Crippen molar-refractivity contribution >= 4 is 21.6 Å². The molecule has 2 amide bonds. The quantitative estimate of drug-likeness (QED) is 0.708. The SMILES string of the molecule is NS(=O)(=NC(=O)Nc1c2c(cc3c1C[C@H](F)C3)CCC2)c1cnn2c1OC[C@@H](N1CCC1)C2. The first-order valence-electron chi connectivity index (χ1n) is 11.5. The number of hydrogen-bond donors (Lipinski definition) is 2. The van der Waals surface area contributed by atoms with Crippen LogP contribution in [0.2, 0.25) is 0 Å². The van der Waals surface area contributed by atoms with E-state index in [2.05, 4.69) is 25.7 Å². The number of halogens is 1. The molecule has 1 aromatic heterocycles. The van der Waals surface area contributed by atoms with Gasteiger partial charge in [0.15, 0.2) is 9.92 Å². The third-order valence-electron chi connectivity index (χ3n) is 7.20. The Labute approximate surface area is 191 Å². The monoisotopic (exact) mass is 474 g/mol. The largest absolute Gasteiger partial charge is 0.475 e. The topological polar surface area (TPSA) is 115 Å². The number of nitrogens with one attached hydrogen (secondary N) is 1. The molecule has 1 saturated heterocycles. The predicted molar refractivity (Wildman–Crippen MR) is 121 cm³/mol. The summed E-state index contributed by atoms with van der Waals surface area (Å²) in [5, 5.41) is 13.1. The maximum absolute atomic E-state index is 14.1. The lowest BCUT2D eigenvalue weighted by Crippen LogP contribution is -2.51.